The van der Waals surface area contributed by atoms with E-state index >= 15 is 0 Å². The minimum atomic E-state index is -0.620. The summed E-state index contributed by atoms with van der Waals surface area (Å²) in [6, 6.07) is 15.4. The first-order valence-corrected chi connectivity index (χ1v) is 5.84. The molecular formula is C14H12ClNO3. The summed E-state index contributed by atoms with van der Waals surface area (Å²) in [5.74, 6) is 0. The molecule has 0 atom stereocenters. The number of aryl methyl sites for hydroxylation is 1. The quantitative estimate of drug-likeness (QED) is 0.474. The summed E-state index contributed by atoms with van der Waals surface area (Å²) in [6.45, 7) is 2.08. The van der Waals surface area contributed by atoms with Crippen LogP contribution < -0.4 is 0 Å². The summed E-state index contributed by atoms with van der Waals surface area (Å²) in [6.07, 6.45) is 0. The van der Waals surface area contributed by atoms with Gasteiger partial charge in [0.2, 0.25) is 0 Å². The molecule has 19 heavy (non-hydrogen) atoms. The Kier molecular flexibility index (Phi) is 5.70. The monoisotopic (exact) mass is 277 g/mol. The van der Waals surface area contributed by atoms with Gasteiger partial charge in [0.1, 0.15) is 0 Å². The highest BCUT2D eigenvalue weighted by Crippen LogP contribution is 2.12. The van der Waals surface area contributed by atoms with Gasteiger partial charge in [-0.05, 0) is 30.7 Å². The SMILES string of the molecule is Cc1ccccc1.O=C(Cl)c1ccc([N+](=O)[O-])cc1. The fraction of sp³-hybridized carbons (Fsp3) is 0.0714. The van der Waals surface area contributed by atoms with Crippen LogP contribution in [-0.2, 0) is 0 Å². The molecule has 4 nitrogen and oxygen atoms in total. The van der Waals surface area contributed by atoms with Crippen LogP contribution in [0.25, 0.3) is 0 Å². The van der Waals surface area contributed by atoms with Crippen LogP contribution in [0.15, 0.2) is 54.6 Å². The Bertz CT molecular complexity index is 520. The van der Waals surface area contributed by atoms with Gasteiger partial charge >= 0.3 is 0 Å². The number of hydrogen-bond acceptors (Lipinski definition) is 3. The molecule has 0 N–H and O–H groups in total. The highest BCUT2D eigenvalue weighted by atomic mass is 35.5. The number of benzene rings is 2. The first-order valence-electron chi connectivity index (χ1n) is 5.46. The summed E-state index contributed by atoms with van der Waals surface area (Å²) < 4.78 is 0. The van der Waals surface area contributed by atoms with Crippen LogP contribution in [0.5, 0.6) is 0 Å². The highest BCUT2D eigenvalue weighted by Gasteiger charge is 2.06. The fourth-order valence-corrected chi connectivity index (χ4v) is 1.37. The normalized spacial score (nSPS) is 9.16. The number of nitro benzene ring substituents is 1. The zero-order chi connectivity index (χ0) is 14.3. The third-order valence-corrected chi connectivity index (χ3v) is 2.46. The summed E-state index contributed by atoms with van der Waals surface area (Å²) >= 11 is 5.13. The van der Waals surface area contributed by atoms with Gasteiger partial charge in [0.05, 0.1) is 4.92 Å². The molecule has 98 valence electrons. The smallest absolute Gasteiger partial charge is 0.269 e. The molecule has 2 aromatic rings. The Morgan fingerprint density at radius 2 is 1.58 bits per heavy atom. The van der Waals surface area contributed by atoms with Gasteiger partial charge in [0, 0.05) is 17.7 Å². The molecule has 0 saturated carbocycles. The van der Waals surface area contributed by atoms with Crippen molar-refractivity contribution in [2.24, 2.45) is 0 Å². The Balaban J connectivity index is 0.000000218. The molecule has 0 saturated heterocycles. The second-order valence-electron chi connectivity index (χ2n) is 3.73. The number of carbonyl (C=O) groups excluding carboxylic acids is 1. The zero-order valence-electron chi connectivity index (χ0n) is 10.2. The van der Waals surface area contributed by atoms with Gasteiger partial charge in [0.15, 0.2) is 0 Å². The maximum absolute atomic E-state index is 10.5. The number of nitro groups is 1. The van der Waals surface area contributed by atoms with Gasteiger partial charge in [-0.15, -0.1) is 0 Å². The van der Waals surface area contributed by atoms with Gasteiger partial charge < -0.3 is 0 Å². The standard InChI is InChI=1S/C7H4ClNO3.C7H8/c8-7(10)5-1-3-6(4-2-5)9(11)12;1-7-5-3-2-4-6-7/h1-4H;2-6H,1H3. The highest BCUT2D eigenvalue weighted by molar-refractivity contribution is 6.67. The first kappa shape index (κ1) is 14.9. The number of hydrogen-bond donors (Lipinski definition) is 0. The molecular weight excluding hydrogens is 266 g/mol. The first-order chi connectivity index (χ1) is 9.00. The van der Waals surface area contributed by atoms with Crippen molar-refractivity contribution in [2.45, 2.75) is 6.92 Å². The summed E-state index contributed by atoms with van der Waals surface area (Å²) in [7, 11) is 0. The summed E-state index contributed by atoms with van der Waals surface area (Å²) in [5.41, 5.74) is 1.52. The van der Waals surface area contributed by atoms with E-state index in [2.05, 4.69) is 19.1 Å². The lowest BCUT2D eigenvalue weighted by Gasteiger charge is -1.92. The Morgan fingerprint density at radius 1 is 1.05 bits per heavy atom. The van der Waals surface area contributed by atoms with E-state index in [4.69, 9.17) is 11.6 Å². The Morgan fingerprint density at radius 3 is 1.89 bits per heavy atom. The predicted octanol–water partition coefficient (Wildman–Crippen LogP) is 3.97. The van der Waals surface area contributed by atoms with Gasteiger partial charge in [-0.25, -0.2) is 0 Å². The van der Waals surface area contributed by atoms with Crippen LogP contribution in [0.1, 0.15) is 15.9 Å². The van der Waals surface area contributed by atoms with Crippen LogP contribution in [0.3, 0.4) is 0 Å². The Hall–Kier alpha value is -2.20. The molecule has 0 heterocycles. The second kappa shape index (κ2) is 7.28. The fourth-order valence-electron chi connectivity index (χ4n) is 1.25. The maximum atomic E-state index is 10.5. The van der Waals surface area contributed by atoms with Gasteiger partial charge in [-0.2, -0.15) is 0 Å². The zero-order valence-corrected chi connectivity index (χ0v) is 11.0. The predicted molar refractivity (Wildman–Crippen MR) is 74.5 cm³/mol. The summed E-state index contributed by atoms with van der Waals surface area (Å²) in [4.78, 5) is 20.2. The lowest BCUT2D eigenvalue weighted by Crippen LogP contribution is -1.90. The van der Waals surface area contributed by atoms with E-state index < -0.39 is 10.2 Å². The lowest BCUT2D eigenvalue weighted by molar-refractivity contribution is -0.384. The average Bonchev–Trinajstić information content (AvgIpc) is 2.40. The molecule has 0 fully saturated rings. The van der Waals surface area contributed by atoms with E-state index in [1.807, 2.05) is 18.2 Å². The molecule has 0 aromatic heterocycles. The van der Waals surface area contributed by atoms with Gasteiger partial charge in [-0.1, -0.05) is 35.9 Å². The van der Waals surface area contributed by atoms with E-state index in [1.165, 1.54) is 29.8 Å². The van der Waals surface area contributed by atoms with Gasteiger partial charge in [-0.3, -0.25) is 14.9 Å². The van der Waals surface area contributed by atoms with Crippen molar-refractivity contribution >= 4 is 22.5 Å². The number of rotatable bonds is 2. The minimum absolute atomic E-state index is 0.0586. The molecule has 2 aromatic carbocycles. The number of nitrogens with zero attached hydrogens (tertiary/aromatic N) is 1. The van der Waals surface area contributed by atoms with E-state index in [1.54, 1.807) is 0 Å². The van der Waals surface area contributed by atoms with Crippen LogP contribution in [-0.4, -0.2) is 10.2 Å². The van der Waals surface area contributed by atoms with Crippen molar-refractivity contribution in [2.75, 3.05) is 0 Å². The van der Waals surface area contributed by atoms with Crippen molar-refractivity contribution in [3.05, 3.63) is 75.8 Å². The van der Waals surface area contributed by atoms with Crippen LogP contribution >= 0.6 is 11.6 Å². The molecule has 0 aliphatic carbocycles. The van der Waals surface area contributed by atoms with Crippen LogP contribution in [0.2, 0.25) is 0 Å². The molecule has 0 spiro atoms. The van der Waals surface area contributed by atoms with Crippen LogP contribution in [0.4, 0.5) is 5.69 Å². The molecule has 0 aliphatic heterocycles. The van der Waals surface area contributed by atoms with Gasteiger partial charge in [0.25, 0.3) is 10.9 Å². The molecule has 0 aliphatic rings. The summed E-state index contributed by atoms with van der Waals surface area (Å²) in [5, 5.41) is 9.55. The number of carbonyl (C=O) groups is 1. The van der Waals surface area contributed by atoms with Crippen molar-refractivity contribution in [1.82, 2.24) is 0 Å². The van der Waals surface area contributed by atoms with E-state index in [0.29, 0.717) is 0 Å². The molecule has 0 amide bonds. The van der Waals surface area contributed by atoms with Crippen molar-refractivity contribution in [1.29, 1.82) is 0 Å². The largest absolute Gasteiger partial charge is 0.276 e. The topological polar surface area (TPSA) is 60.2 Å². The van der Waals surface area contributed by atoms with Crippen molar-refractivity contribution < 1.29 is 9.72 Å². The number of non-ortho nitro benzene ring substituents is 1. The van der Waals surface area contributed by atoms with E-state index in [-0.39, 0.29) is 11.3 Å². The lowest BCUT2D eigenvalue weighted by atomic mass is 10.2. The molecule has 2 rings (SSSR count). The Labute approximate surface area is 115 Å². The third kappa shape index (κ3) is 5.31. The third-order valence-electron chi connectivity index (χ3n) is 2.25. The van der Waals surface area contributed by atoms with Crippen LogP contribution in [0, 0.1) is 17.0 Å². The molecule has 5 heteroatoms. The minimum Gasteiger partial charge on any atom is -0.276 e. The van der Waals surface area contributed by atoms with E-state index in [0.717, 1.165) is 0 Å². The average molecular weight is 278 g/mol. The van der Waals surface area contributed by atoms with E-state index in [9.17, 15) is 14.9 Å². The van der Waals surface area contributed by atoms with Crippen molar-refractivity contribution in [3.63, 3.8) is 0 Å². The maximum Gasteiger partial charge on any atom is 0.269 e. The second-order valence-corrected chi connectivity index (χ2v) is 4.08. The molecule has 0 unspecified atom stereocenters. The number of halogens is 1. The van der Waals surface area contributed by atoms with Crippen molar-refractivity contribution in [3.8, 4) is 0 Å². The molecule has 0 bridgehead atoms. The molecule has 0 radical (unpaired) electrons.